The molecule has 0 bridgehead atoms. The molecule has 24 heavy (non-hydrogen) atoms. The van der Waals surface area contributed by atoms with Crippen LogP contribution in [0, 0.1) is 5.92 Å². The van der Waals surface area contributed by atoms with Crippen LogP contribution in [-0.4, -0.2) is 42.9 Å². The van der Waals surface area contributed by atoms with E-state index in [1.807, 2.05) is 26.0 Å². The standard InChI is InChI=1S/C18H30N4O2/c1-5-22(4)12-15-8-6-7-14(9-15)10-20-16(23)11-21-18(24)17(19)13(2)3/h6-9,13,17H,5,10-12,19H2,1-4H3,(H,20,23)(H,21,24)/t17-/m0/s1. The van der Waals surface area contributed by atoms with Crippen LogP contribution in [-0.2, 0) is 22.7 Å². The van der Waals surface area contributed by atoms with E-state index in [0.717, 1.165) is 18.7 Å². The number of nitrogens with two attached hydrogens (primary N) is 1. The van der Waals surface area contributed by atoms with Crippen LogP contribution < -0.4 is 16.4 Å². The van der Waals surface area contributed by atoms with Gasteiger partial charge in [0.25, 0.3) is 0 Å². The summed E-state index contributed by atoms with van der Waals surface area (Å²) in [4.78, 5) is 25.8. The molecule has 0 spiro atoms. The highest BCUT2D eigenvalue weighted by atomic mass is 16.2. The third-order valence-electron chi connectivity index (χ3n) is 3.92. The summed E-state index contributed by atoms with van der Waals surface area (Å²) in [6.07, 6.45) is 0. The van der Waals surface area contributed by atoms with Gasteiger partial charge in [-0.15, -0.1) is 0 Å². The number of benzene rings is 1. The molecule has 0 unspecified atom stereocenters. The maximum atomic E-state index is 11.8. The van der Waals surface area contributed by atoms with Crippen molar-refractivity contribution in [1.82, 2.24) is 15.5 Å². The monoisotopic (exact) mass is 334 g/mol. The number of hydrogen-bond donors (Lipinski definition) is 3. The maximum absolute atomic E-state index is 11.8. The van der Waals surface area contributed by atoms with Crippen LogP contribution in [0.15, 0.2) is 24.3 Å². The first-order valence-corrected chi connectivity index (χ1v) is 8.39. The lowest BCUT2D eigenvalue weighted by molar-refractivity contribution is -0.127. The van der Waals surface area contributed by atoms with Gasteiger partial charge in [0.2, 0.25) is 11.8 Å². The quantitative estimate of drug-likeness (QED) is 0.625. The molecule has 0 aliphatic heterocycles. The summed E-state index contributed by atoms with van der Waals surface area (Å²) in [6.45, 7) is 8.09. The van der Waals surface area contributed by atoms with E-state index in [4.69, 9.17) is 5.73 Å². The fourth-order valence-corrected chi connectivity index (χ4v) is 2.11. The molecule has 4 N–H and O–H groups in total. The number of carbonyl (C=O) groups excluding carboxylic acids is 2. The largest absolute Gasteiger partial charge is 0.350 e. The van der Waals surface area contributed by atoms with Crippen molar-refractivity contribution >= 4 is 11.8 Å². The summed E-state index contributed by atoms with van der Waals surface area (Å²) in [5.74, 6) is -0.489. The van der Waals surface area contributed by atoms with Crippen molar-refractivity contribution in [2.75, 3.05) is 20.1 Å². The van der Waals surface area contributed by atoms with E-state index in [-0.39, 0.29) is 24.3 Å². The van der Waals surface area contributed by atoms with Crippen LogP contribution in [0.2, 0.25) is 0 Å². The lowest BCUT2D eigenvalue weighted by atomic mass is 10.1. The molecule has 1 atom stereocenters. The third-order valence-corrected chi connectivity index (χ3v) is 3.92. The van der Waals surface area contributed by atoms with Gasteiger partial charge in [0.05, 0.1) is 12.6 Å². The van der Waals surface area contributed by atoms with Crippen molar-refractivity contribution in [3.63, 3.8) is 0 Å². The first kappa shape index (κ1) is 20.1. The zero-order valence-electron chi connectivity index (χ0n) is 15.1. The van der Waals surface area contributed by atoms with Gasteiger partial charge >= 0.3 is 0 Å². The normalized spacial score (nSPS) is 12.3. The van der Waals surface area contributed by atoms with E-state index in [9.17, 15) is 9.59 Å². The Morgan fingerprint density at radius 1 is 1.21 bits per heavy atom. The number of nitrogens with one attached hydrogen (secondary N) is 2. The van der Waals surface area contributed by atoms with Gasteiger partial charge in [-0.25, -0.2) is 0 Å². The summed E-state index contributed by atoms with van der Waals surface area (Å²) < 4.78 is 0. The summed E-state index contributed by atoms with van der Waals surface area (Å²) in [7, 11) is 2.07. The van der Waals surface area contributed by atoms with E-state index in [1.165, 1.54) is 5.56 Å². The minimum atomic E-state index is -0.593. The highest BCUT2D eigenvalue weighted by molar-refractivity contribution is 5.87. The Balaban J connectivity index is 2.42. The Morgan fingerprint density at radius 2 is 1.88 bits per heavy atom. The third kappa shape index (κ3) is 7.10. The second-order valence-electron chi connectivity index (χ2n) is 6.41. The predicted molar refractivity (Wildman–Crippen MR) is 96.1 cm³/mol. The van der Waals surface area contributed by atoms with Crippen LogP contribution in [0.1, 0.15) is 31.9 Å². The first-order valence-electron chi connectivity index (χ1n) is 8.39. The molecule has 6 heteroatoms. The molecule has 1 aromatic rings. The zero-order chi connectivity index (χ0) is 18.1. The molecule has 0 saturated carbocycles. The maximum Gasteiger partial charge on any atom is 0.239 e. The Bertz CT molecular complexity index is 546. The molecule has 0 heterocycles. The first-order chi connectivity index (χ1) is 11.3. The molecular formula is C18H30N4O2. The minimum Gasteiger partial charge on any atom is -0.350 e. The Morgan fingerprint density at radius 3 is 2.50 bits per heavy atom. The average Bonchev–Trinajstić information content (AvgIpc) is 2.57. The van der Waals surface area contributed by atoms with Gasteiger partial charge in [-0.2, -0.15) is 0 Å². The summed E-state index contributed by atoms with van der Waals surface area (Å²) in [5, 5.41) is 5.37. The van der Waals surface area contributed by atoms with Gasteiger partial charge in [-0.1, -0.05) is 45.0 Å². The topological polar surface area (TPSA) is 87.5 Å². The van der Waals surface area contributed by atoms with E-state index in [0.29, 0.717) is 6.54 Å². The van der Waals surface area contributed by atoms with Crippen molar-refractivity contribution < 1.29 is 9.59 Å². The van der Waals surface area contributed by atoms with Gasteiger partial charge in [0.1, 0.15) is 0 Å². The molecule has 1 aromatic carbocycles. The zero-order valence-corrected chi connectivity index (χ0v) is 15.1. The Kier molecular flexibility index (Phi) is 8.43. The lowest BCUT2D eigenvalue weighted by Crippen LogP contribution is -2.47. The van der Waals surface area contributed by atoms with Crippen LogP contribution in [0.3, 0.4) is 0 Å². The summed E-state index contributed by atoms with van der Waals surface area (Å²) in [6, 6.07) is 7.53. The molecule has 0 saturated heterocycles. The second kappa shape index (κ2) is 10.1. The van der Waals surface area contributed by atoms with E-state index in [2.05, 4.69) is 41.6 Å². The van der Waals surface area contributed by atoms with Crippen molar-refractivity contribution in [1.29, 1.82) is 0 Å². The van der Waals surface area contributed by atoms with Crippen LogP contribution in [0.25, 0.3) is 0 Å². The highest BCUT2D eigenvalue weighted by Gasteiger charge is 2.17. The second-order valence-corrected chi connectivity index (χ2v) is 6.41. The molecular weight excluding hydrogens is 304 g/mol. The van der Waals surface area contributed by atoms with Gasteiger partial charge in [-0.3, -0.25) is 9.59 Å². The Labute approximate surface area is 144 Å². The highest BCUT2D eigenvalue weighted by Crippen LogP contribution is 2.07. The predicted octanol–water partition coefficient (Wildman–Crippen LogP) is 0.854. The number of rotatable bonds is 9. The van der Waals surface area contributed by atoms with E-state index >= 15 is 0 Å². The van der Waals surface area contributed by atoms with Gasteiger partial charge < -0.3 is 21.3 Å². The molecule has 0 radical (unpaired) electrons. The van der Waals surface area contributed by atoms with Crippen molar-refractivity contribution in [3.8, 4) is 0 Å². The molecule has 0 aliphatic rings. The molecule has 6 nitrogen and oxygen atoms in total. The van der Waals surface area contributed by atoms with Gasteiger partial charge in [0, 0.05) is 13.1 Å². The summed E-state index contributed by atoms with van der Waals surface area (Å²) >= 11 is 0. The minimum absolute atomic E-state index is 0.0389. The molecule has 0 aromatic heterocycles. The van der Waals surface area contributed by atoms with Crippen LogP contribution in [0.4, 0.5) is 0 Å². The van der Waals surface area contributed by atoms with Gasteiger partial charge in [0.15, 0.2) is 0 Å². The fourth-order valence-electron chi connectivity index (χ4n) is 2.11. The molecule has 2 amide bonds. The average molecular weight is 334 g/mol. The molecule has 0 aliphatic carbocycles. The molecule has 1 rings (SSSR count). The summed E-state index contributed by atoms with van der Waals surface area (Å²) in [5.41, 5.74) is 7.98. The van der Waals surface area contributed by atoms with Crippen LogP contribution >= 0.6 is 0 Å². The van der Waals surface area contributed by atoms with E-state index in [1.54, 1.807) is 0 Å². The van der Waals surface area contributed by atoms with Crippen LogP contribution in [0.5, 0.6) is 0 Å². The fraction of sp³-hybridized carbons (Fsp3) is 0.556. The number of carbonyl (C=O) groups is 2. The van der Waals surface area contributed by atoms with Crippen molar-refractivity contribution in [2.45, 2.75) is 39.9 Å². The number of nitrogens with zero attached hydrogens (tertiary/aromatic N) is 1. The lowest BCUT2D eigenvalue weighted by Gasteiger charge is -2.15. The Hall–Kier alpha value is -1.92. The van der Waals surface area contributed by atoms with Crippen molar-refractivity contribution in [2.24, 2.45) is 11.7 Å². The number of hydrogen-bond acceptors (Lipinski definition) is 4. The van der Waals surface area contributed by atoms with Gasteiger partial charge in [-0.05, 0) is 30.6 Å². The molecule has 134 valence electrons. The smallest absolute Gasteiger partial charge is 0.239 e. The van der Waals surface area contributed by atoms with E-state index < -0.39 is 6.04 Å². The SMILES string of the molecule is CCN(C)Cc1cccc(CNC(=O)CNC(=O)[C@@H](N)C(C)C)c1. The molecule has 0 fully saturated rings. The number of amides is 2. The van der Waals surface area contributed by atoms with Crippen molar-refractivity contribution in [3.05, 3.63) is 35.4 Å².